The van der Waals surface area contributed by atoms with Gasteiger partial charge in [-0.25, -0.2) is 4.98 Å². The molecule has 0 spiro atoms. The van der Waals surface area contributed by atoms with E-state index in [9.17, 15) is 0 Å². The maximum absolute atomic E-state index is 9.13. The number of aliphatic hydroxyl groups excluding tert-OH is 1. The zero-order valence-corrected chi connectivity index (χ0v) is 15.7. The van der Waals surface area contributed by atoms with Crippen LogP contribution in [0.3, 0.4) is 0 Å². The molecule has 0 saturated carbocycles. The summed E-state index contributed by atoms with van der Waals surface area (Å²) in [5, 5.41) is 10.4. The third kappa shape index (κ3) is 4.39. The average molecular weight is 333 g/mol. The molecule has 0 unspecified atom stereocenters. The lowest BCUT2D eigenvalue weighted by Crippen LogP contribution is -2.04. The molecular weight excluding hydrogens is 304 g/mol. The van der Waals surface area contributed by atoms with E-state index in [-0.39, 0.29) is 6.61 Å². The minimum Gasteiger partial charge on any atom is -0.396 e. The highest BCUT2D eigenvalue weighted by Gasteiger charge is 2.19. The SMILES string of the molecule is CCn1c(CCCO)nc(C(C)C)c1Sc1cc(C)cc(C)c1. The summed E-state index contributed by atoms with van der Waals surface area (Å²) in [6.07, 6.45) is 1.60. The number of imidazole rings is 1. The molecule has 0 radical (unpaired) electrons. The van der Waals surface area contributed by atoms with E-state index in [1.807, 2.05) is 11.8 Å². The Kier molecular flexibility index (Phi) is 6.31. The Labute approximate surface area is 144 Å². The Balaban J connectivity index is 2.43. The summed E-state index contributed by atoms with van der Waals surface area (Å²) in [7, 11) is 0. The predicted molar refractivity (Wildman–Crippen MR) is 97.4 cm³/mol. The molecule has 0 aliphatic rings. The van der Waals surface area contributed by atoms with E-state index < -0.39 is 0 Å². The lowest BCUT2D eigenvalue weighted by Gasteiger charge is -2.12. The first-order valence-corrected chi connectivity index (χ1v) is 9.24. The van der Waals surface area contributed by atoms with Crippen molar-refractivity contribution in [1.82, 2.24) is 9.55 Å². The summed E-state index contributed by atoms with van der Waals surface area (Å²) in [4.78, 5) is 6.16. The lowest BCUT2D eigenvalue weighted by atomic mass is 10.1. The van der Waals surface area contributed by atoms with Gasteiger partial charge in [0.1, 0.15) is 10.9 Å². The monoisotopic (exact) mass is 332 g/mol. The zero-order valence-electron chi connectivity index (χ0n) is 14.9. The molecule has 1 aromatic heterocycles. The number of aromatic nitrogens is 2. The van der Waals surface area contributed by atoms with Crippen LogP contribution < -0.4 is 0 Å². The minimum atomic E-state index is 0.215. The fourth-order valence-corrected chi connectivity index (χ4v) is 4.29. The van der Waals surface area contributed by atoms with Crippen LogP contribution >= 0.6 is 11.8 Å². The number of hydrogen-bond acceptors (Lipinski definition) is 3. The van der Waals surface area contributed by atoms with Gasteiger partial charge in [0.15, 0.2) is 0 Å². The second-order valence-electron chi connectivity index (χ2n) is 6.37. The quantitative estimate of drug-likeness (QED) is 0.797. The van der Waals surface area contributed by atoms with Crippen LogP contribution in [0.15, 0.2) is 28.1 Å². The first kappa shape index (κ1) is 18.1. The Hall–Kier alpha value is -1.26. The molecule has 0 bridgehead atoms. The molecule has 0 aliphatic carbocycles. The fraction of sp³-hybridized carbons (Fsp3) is 0.526. The first-order chi connectivity index (χ1) is 11.0. The third-order valence-electron chi connectivity index (χ3n) is 3.86. The molecule has 4 heteroatoms. The molecule has 0 saturated heterocycles. The standard InChI is InChI=1S/C19H28N2OS/c1-6-21-17(8-7-9-22)20-18(13(2)3)19(21)23-16-11-14(4)10-15(5)12-16/h10-13,22H,6-9H2,1-5H3. The Morgan fingerprint density at radius 3 is 2.35 bits per heavy atom. The van der Waals surface area contributed by atoms with E-state index in [1.54, 1.807) is 0 Å². The van der Waals surface area contributed by atoms with Crippen LogP contribution in [-0.4, -0.2) is 21.3 Å². The van der Waals surface area contributed by atoms with Crippen molar-refractivity contribution >= 4 is 11.8 Å². The number of aliphatic hydroxyl groups is 1. The maximum Gasteiger partial charge on any atom is 0.109 e. The highest BCUT2D eigenvalue weighted by atomic mass is 32.2. The van der Waals surface area contributed by atoms with Crippen molar-refractivity contribution in [2.24, 2.45) is 0 Å². The van der Waals surface area contributed by atoms with Crippen molar-refractivity contribution in [3.63, 3.8) is 0 Å². The molecule has 23 heavy (non-hydrogen) atoms. The van der Waals surface area contributed by atoms with Gasteiger partial charge in [0, 0.05) is 24.5 Å². The van der Waals surface area contributed by atoms with Crippen molar-refractivity contribution in [2.75, 3.05) is 6.61 Å². The van der Waals surface area contributed by atoms with Crippen LogP contribution in [0, 0.1) is 13.8 Å². The normalized spacial score (nSPS) is 11.4. The van der Waals surface area contributed by atoms with E-state index in [0.717, 1.165) is 25.2 Å². The van der Waals surface area contributed by atoms with E-state index in [1.165, 1.54) is 26.7 Å². The van der Waals surface area contributed by atoms with E-state index in [4.69, 9.17) is 10.1 Å². The summed E-state index contributed by atoms with van der Waals surface area (Å²) in [5.41, 5.74) is 3.76. The Bertz CT molecular complexity index is 641. The van der Waals surface area contributed by atoms with Crippen LogP contribution in [0.4, 0.5) is 0 Å². The van der Waals surface area contributed by atoms with Gasteiger partial charge in [0.25, 0.3) is 0 Å². The van der Waals surface area contributed by atoms with Crippen molar-refractivity contribution in [1.29, 1.82) is 0 Å². The largest absolute Gasteiger partial charge is 0.396 e. The van der Waals surface area contributed by atoms with Gasteiger partial charge in [-0.3, -0.25) is 0 Å². The highest BCUT2D eigenvalue weighted by molar-refractivity contribution is 7.99. The topological polar surface area (TPSA) is 38.0 Å². The van der Waals surface area contributed by atoms with Crippen molar-refractivity contribution in [3.05, 3.63) is 40.8 Å². The summed E-state index contributed by atoms with van der Waals surface area (Å²) in [5.74, 6) is 1.49. The van der Waals surface area contributed by atoms with E-state index >= 15 is 0 Å². The average Bonchev–Trinajstić information content (AvgIpc) is 2.81. The molecule has 0 fully saturated rings. The number of benzene rings is 1. The molecule has 1 aromatic carbocycles. The molecule has 0 atom stereocenters. The zero-order chi connectivity index (χ0) is 17.0. The lowest BCUT2D eigenvalue weighted by molar-refractivity contribution is 0.286. The number of rotatable bonds is 7. The van der Waals surface area contributed by atoms with Crippen LogP contribution in [0.5, 0.6) is 0 Å². The van der Waals surface area contributed by atoms with Gasteiger partial charge in [0.05, 0.1) is 5.69 Å². The summed E-state index contributed by atoms with van der Waals surface area (Å²) in [6, 6.07) is 6.68. The number of hydrogen-bond donors (Lipinski definition) is 1. The van der Waals surface area contributed by atoms with Gasteiger partial charge in [-0.05, 0) is 56.4 Å². The molecule has 0 aliphatic heterocycles. The highest BCUT2D eigenvalue weighted by Crippen LogP contribution is 2.35. The smallest absolute Gasteiger partial charge is 0.109 e. The van der Waals surface area contributed by atoms with Crippen molar-refractivity contribution < 1.29 is 5.11 Å². The molecule has 1 N–H and O–H groups in total. The van der Waals surface area contributed by atoms with Gasteiger partial charge in [-0.15, -0.1) is 0 Å². The predicted octanol–water partition coefficient (Wildman–Crippen LogP) is 4.72. The van der Waals surface area contributed by atoms with Gasteiger partial charge < -0.3 is 9.67 Å². The summed E-state index contributed by atoms with van der Waals surface area (Å²) >= 11 is 1.81. The van der Waals surface area contributed by atoms with E-state index in [0.29, 0.717) is 5.92 Å². The van der Waals surface area contributed by atoms with Gasteiger partial charge in [-0.1, -0.05) is 31.7 Å². The number of nitrogens with zero attached hydrogens (tertiary/aromatic N) is 2. The summed E-state index contributed by atoms with van der Waals surface area (Å²) < 4.78 is 2.31. The maximum atomic E-state index is 9.13. The summed E-state index contributed by atoms with van der Waals surface area (Å²) in [6.45, 7) is 12.0. The Morgan fingerprint density at radius 1 is 1.17 bits per heavy atom. The van der Waals surface area contributed by atoms with Gasteiger partial charge >= 0.3 is 0 Å². The molecule has 3 nitrogen and oxygen atoms in total. The molecule has 2 rings (SSSR count). The fourth-order valence-electron chi connectivity index (χ4n) is 2.84. The second kappa shape index (κ2) is 8.02. The van der Waals surface area contributed by atoms with Crippen LogP contribution in [0.25, 0.3) is 0 Å². The molecule has 126 valence electrons. The molecule has 0 amide bonds. The van der Waals surface area contributed by atoms with Crippen molar-refractivity contribution in [3.8, 4) is 0 Å². The molecular formula is C19H28N2OS. The van der Waals surface area contributed by atoms with Crippen LogP contribution in [-0.2, 0) is 13.0 Å². The first-order valence-electron chi connectivity index (χ1n) is 8.42. The van der Waals surface area contributed by atoms with Crippen LogP contribution in [0.1, 0.15) is 55.8 Å². The molecule has 1 heterocycles. The minimum absolute atomic E-state index is 0.215. The van der Waals surface area contributed by atoms with Gasteiger partial charge in [0.2, 0.25) is 0 Å². The second-order valence-corrected chi connectivity index (χ2v) is 7.43. The van der Waals surface area contributed by atoms with Crippen molar-refractivity contribution in [2.45, 2.75) is 69.8 Å². The van der Waals surface area contributed by atoms with E-state index in [2.05, 4.69) is 57.4 Å². The molecule has 2 aromatic rings. The van der Waals surface area contributed by atoms with Gasteiger partial charge in [-0.2, -0.15) is 0 Å². The third-order valence-corrected chi connectivity index (χ3v) is 4.95. The number of aryl methyl sites for hydroxylation is 3. The Morgan fingerprint density at radius 2 is 1.83 bits per heavy atom. The van der Waals surface area contributed by atoms with Crippen LogP contribution in [0.2, 0.25) is 0 Å².